The molecule has 1 N–H and O–H groups in total. The van der Waals surface area contributed by atoms with E-state index in [2.05, 4.69) is 63.5 Å². The van der Waals surface area contributed by atoms with Gasteiger partial charge in [0.25, 0.3) is 0 Å². The first-order chi connectivity index (χ1) is 10.2. The topological polar surface area (TPSA) is 53.9 Å². The van der Waals surface area contributed by atoms with Gasteiger partial charge in [-0.2, -0.15) is 10.1 Å². The Morgan fingerprint density at radius 3 is 2.48 bits per heavy atom. The van der Waals surface area contributed by atoms with E-state index < -0.39 is 0 Å². The molecule has 0 spiro atoms. The summed E-state index contributed by atoms with van der Waals surface area (Å²) in [5, 5.41) is 11.3. The average molecular weight is 283 g/mol. The Morgan fingerprint density at radius 1 is 1.10 bits per heavy atom. The maximum Gasteiger partial charge on any atom is 0.249 e. The Bertz CT molecular complexity index is 588. The number of nitrogens with zero attached hydrogens (tertiary/aromatic N) is 4. The van der Waals surface area contributed by atoms with Crippen molar-refractivity contribution in [1.29, 1.82) is 0 Å². The van der Waals surface area contributed by atoms with Gasteiger partial charge in [-0.25, -0.2) is 0 Å². The SMILES string of the molecule is CC(C)c1ccc(Nc2nncc(N3CCCC3)n2)cc1. The molecule has 5 nitrogen and oxygen atoms in total. The first-order valence-electron chi connectivity index (χ1n) is 7.54. The molecule has 1 aromatic carbocycles. The molecular weight excluding hydrogens is 262 g/mol. The maximum absolute atomic E-state index is 4.55. The van der Waals surface area contributed by atoms with Crippen LogP contribution in [0, 0.1) is 0 Å². The molecule has 2 heterocycles. The van der Waals surface area contributed by atoms with Crippen LogP contribution in [0.1, 0.15) is 38.2 Å². The molecule has 1 aliphatic rings. The number of rotatable bonds is 4. The van der Waals surface area contributed by atoms with E-state index in [1.54, 1.807) is 6.20 Å². The third-order valence-corrected chi connectivity index (χ3v) is 3.81. The highest BCUT2D eigenvalue weighted by atomic mass is 15.3. The number of hydrogen-bond acceptors (Lipinski definition) is 5. The Labute approximate surface area is 125 Å². The van der Waals surface area contributed by atoms with Crippen LogP contribution in [0.15, 0.2) is 30.5 Å². The second-order valence-corrected chi connectivity index (χ2v) is 5.73. The van der Waals surface area contributed by atoms with Gasteiger partial charge >= 0.3 is 0 Å². The molecule has 0 unspecified atom stereocenters. The molecule has 0 amide bonds. The maximum atomic E-state index is 4.55. The fraction of sp³-hybridized carbons (Fsp3) is 0.438. The average Bonchev–Trinajstić information content (AvgIpc) is 3.02. The van der Waals surface area contributed by atoms with Gasteiger partial charge in [0.1, 0.15) is 0 Å². The lowest BCUT2D eigenvalue weighted by atomic mass is 10.0. The van der Waals surface area contributed by atoms with E-state index >= 15 is 0 Å². The first-order valence-corrected chi connectivity index (χ1v) is 7.54. The lowest BCUT2D eigenvalue weighted by Gasteiger charge is -2.16. The molecule has 0 bridgehead atoms. The smallest absolute Gasteiger partial charge is 0.249 e. The lowest BCUT2D eigenvalue weighted by molar-refractivity contribution is 0.866. The Hall–Kier alpha value is -2.17. The molecular formula is C16H21N5. The quantitative estimate of drug-likeness (QED) is 0.932. The molecule has 0 atom stereocenters. The van der Waals surface area contributed by atoms with E-state index in [-0.39, 0.29) is 0 Å². The van der Waals surface area contributed by atoms with Crippen molar-refractivity contribution in [3.63, 3.8) is 0 Å². The molecule has 0 radical (unpaired) electrons. The largest absolute Gasteiger partial charge is 0.355 e. The van der Waals surface area contributed by atoms with Crippen molar-refractivity contribution in [2.75, 3.05) is 23.3 Å². The molecule has 1 fully saturated rings. The zero-order chi connectivity index (χ0) is 14.7. The molecule has 0 saturated carbocycles. The molecule has 2 aromatic rings. The second-order valence-electron chi connectivity index (χ2n) is 5.73. The van der Waals surface area contributed by atoms with Crippen molar-refractivity contribution in [2.45, 2.75) is 32.6 Å². The normalized spacial score (nSPS) is 14.7. The summed E-state index contributed by atoms with van der Waals surface area (Å²) < 4.78 is 0. The minimum absolute atomic E-state index is 0.537. The van der Waals surface area contributed by atoms with E-state index in [1.165, 1.54) is 18.4 Å². The van der Waals surface area contributed by atoms with Gasteiger partial charge < -0.3 is 10.2 Å². The van der Waals surface area contributed by atoms with Crippen LogP contribution in [0.5, 0.6) is 0 Å². The molecule has 21 heavy (non-hydrogen) atoms. The number of benzene rings is 1. The van der Waals surface area contributed by atoms with Crippen LogP contribution in [-0.2, 0) is 0 Å². The summed E-state index contributed by atoms with van der Waals surface area (Å²) in [5.41, 5.74) is 2.31. The van der Waals surface area contributed by atoms with Crippen LogP contribution < -0.4 is 10.2 Å². The van der Waals surface area contributed by atoms with Crippen LogP contribution in [0.2, 0.25) is 0 Å². The highest BCUT2D eigenvalue weighted by molar-refractivity contribution is 5.55. The van der Waals surface area contributed by atoms with Gasteiger partial charge in [0.05, 0.1) is 6.20 Å². The summed E-state index contributed by atoms with van der Waals surface area (Å²) in [7, 11) is 0. The molecule has 110 valence electrons. The summed E-state index contributed by atoms with van der Waals surface area (Å²) in [6.45, 7) is 6.49. The van der Waals surface area contributed by atoms with Crippen LogP contribution in [0.4, 0.5) is 17.5 Å². The fourth-order valence-corrected chi connectivity index (χ4v) is 2.53. The first kappa shape index (κ1) is 13.8. The van der Waals surface area contributed by atoms with Gasteiger partial charge in [0, 0.05) is 18.8 Å². The predicted molar refractivity (Wildman–Crippen MR) is 85.1 cm³/mol. The zero-order valence-corrected chi connectivity index (χ0v) is 12.6. The van der Waals surface area contributed by atoms with Crippen LogP contribution in [-0.4, -0.2) is 28.3 Å². The zero-order valence-electron chi connectivity index (χ0n) is 12.6. The summed E-state index contributed by atoms with van der Waals surface area (Å²) >= 11 is 0. The highest BCUT2D eigenvalue weighted by Gasteiger charge is 2.14. The van der Waals surface area contributed by atoms with Gasteiger partial charge in [0.15, 0.2) is 5.82 Å². The van der Waals surface area contributed by atoms with Crippen molar-refractivity contribution in [3.8, 4) is 0 Å². The number of anilines is 3. The van der Waals surface area contributed by atoms with Gasteiger partial charge in [0.2, 0.25) is 5.95 Å². The third-order valence-electron chi connectivity index (χ3n) is 3.81. The summed E-state index contributed by atoms with van der Waals surface area (Å²) in [6.07, 6.45) is 4.19. The van der Waals surface area contributed by atoms with E-state index in [4.69, 9.17) is 0 Å². The molecule has 0 aliphatic carbocycles. The number of nitrogens with one attached hydrogen (secondary N) is 1. The van der Waals surface area contributed by atoms with Gasteiger partial charge in [-0.05, 0) is 36.5 Å². The van der Waals surface area contributed by atoms with E-state index in [0.717, 1.165) is 24.6 Å². The highest BCUT2D eigenvalue weighted by Crippen LogP contribution is 2.21. The molecule has 1 aromatic heterocycles. The van der Waals surface area contributed by atoms with E-state index in [9.17, 15) is 0 Å². The Balaban J connectivity index is 1.73. The minimum atomic E-state index is 0.537. The monoisotopic (exact) mass is 283 g/mol. The minimum Gasteiger partial charge on any atom is -0.355 e. The predicted octanol–water partition coefficient (Wildman–Crippen LogP) is 3.34. The van der Waals surface area contributed by atoms with E-state index in [1.807, 2.05) is 0 Å². The van der Waals surface area contributed by atoms with Gasteiger partial charge in [-0.1, -0.05) is 26.0 Å². The third kappa shape index (κ3) is 3.29. The van der Waals surface area contributed by atoms with Crippen molar-refractivity contribution < 1.29 is 0 Å². The molecule has 3 rings (SSSR count). The fourth-order valence-electron chi connectivity index (χ4n) is 2.53. The Morgan fingerprint density at radius 2 is 1.81 bits per heavy atom. The standard InChI is InChI=1S/C16H21N5/c1-12(2)13-5-7-14(8-6-13)18-16-19-15(11-17-20-16)21-9-3-4-10-21/h5-8,11-12H,3-4,9-10H2,1-2H3,(H,18,19,20). The summed E-state index contributed by atoms with van der Waals surface area (Å²) in [4.78, 5) is 6.80. The lowest BCUT2D eigenvalue weighted by Crippen LogP contribution is -2.19. The molecule has 1 aliphatic heterocycles. The number of aromatic nitrogens is 3. The van der Waals surface area contributed by atoms with Crippen molar-refractivity contribution in [1.82, 2.24) is 15.2 Å². The van der Waals surface area contributed by atoms with Crippen molar-refractivity contribution in [2.24, 2.45) is 0 Å². The van der Waals surface area contributed by atoms with Gasteiger partial charge in [-0.3, -0.25) is 0 Å². The van der Waals surface area contributed by atoms with Crippen LogP contribution >= 0.6 is 0 Å². The Kier molecular flexibility index (Phi) is 3.99. The second kappa shape index (κ2) is 6.08. The van der Waals surface area contributed by atoms with Crippen molar-refractivity contribution >= 4 is 17.5 Å². The number of hydrogen-bond donors (Lipinski definition) is 1. The van der Waals surface area contributed by atoms with Crippen molar-refractivity contribution in [3.05, 3.63) is 36.0 Å². The summed E-state index contributed by atoms with van der Waals surface area (Å²) in [6, 6.07) is 8.37. The molecule has 5 heteroatoms. The van der Waals surface area contributed by atoms with E-state index in [0.29, 0.717) is 11.9 Å². The van der Waals surface area contributed by atoms with Crippen LogP contribution in [0.3, 0.4) is 0 Å². The summed E-state index contributed by atoms with van der Waals surface area (Å²) in [5.74, 6) is 2.00. The van der Waals surface area contributed by atoms with Gasteiger partial charge in [-0.15, -0.1) is 5.10 Å². The van der Waals surface area contributed by atoms with Crippen LogP contribution in [0.25, 0.3) is 0 Å². The molecule has 1 saturated heterocycles.